The fourth-order valence-electron chi connectivity index (χ4n) is 3.13. The summed E-state index contributed by atoms with van der Waals surface area (Å²) >= 11 is 1.01. The summed E-state index contributed by atoms with van der Waals surface area (Å²) in [5, 5.41) is 12.6. The maximum Gasteiger partial charge on any atom is 0.332 e. The summed E-state index contributed by atoms with van der Waals surface area (Å²) in [5.41, 5.74) is 6.16. The third-order valence-electron chi connectivity index (χ3n) is 4.59. The number of nitrogens with zero attached hydrogens (tertiary/aromatic N) is 7. The number of aryl methyl sites for hydroxylation is 2. The van der Waals surface area contributed by atoms with Crippen molar-refractivity contribution in [3.05, 3.63) is 43.9 Å². The minimum absolute atomic E-state index is 0.0958. The Kier molecular flexibility index (Phi) is 6.06. The van der Waals surface area contributed by atoms with Crippen molar-refractivity contribution >= 4 is 23.4 Å². The topological polar surface area (TPSA) is 162 Å². The van der Waals surface area contributed by atoms with Crippen LogP contribution < -0.4 is 22.8 Å². The average Bonchev–Trinajstić information content (AvgIpc) is 3.22. The maximum absolute atomic E-state index is 12.9. The molecule has 0 aliphatic rings. The van der Waals surface area contributed by atoms with Crippen LogP contribution in [0.25, 0.3) is 5.95 Å². The molecule has 3 aromatic heterocycles. The van der Waals surface area contributed by atoms with Gasteiger partial charge in [-0.1, -0.05) is 25.6 Å². The Hall–Kier alpha value is -3.35. The van der Waals surface area contributed by atoms with Crippen molar-refractivity contribution in [2.24, 2.45) is 13.0 Å². The highest BCUT2D eigenvalue weighted by Gasteiger charge is 2.23. The Labute approximate surface area is 181 Å². The summed E-state index contributed by atoms with van der Waals surface area (Å²) < 4.78 is 4.90. The van der Waals surface area contributed by atoms with Gasteiger partial charge in [-0.3, -0.25) is 18.7 Å². The summed E-state index contributed by atoms with van der Waals surface area (Å²) in [6.07, 6.45) is 0. The van der Waals surface area contributed by atoms with E-state index in [2.05, 4.69) is 15.3 Å². The van der Waals surface area contributed by atoms with Crippen molar-refractivity contribution in [2.75, 3.05) is 17.3 Å². The number of rotatable bonds is 7. The van der Waals surface area contributed by atoms with E-state index in [0.717, 1.165) is 27.7 Å². The molecule has 12 nitrogen and oxygen atoms in total. The van der Waals surface area contributed by atoms with Gasteiger partial charge in [0, 0.05) is 19.3 Å². The summed E-state index contributed by atoms with van der Waals surface area (Å²) in [5.74, 6) is 5.65. The minimum Gasteiger partial charge on any atom is -0.384 e. The molecular weight excluding hydrogens is 422 g/mol. The van der Waals surface area contributed by atoms with E-state index in [9.17, 15) is 14.4 Å². The second kappa shape index (κ2) is 8.41. The lowest BCUT2D eigenvalue weighted by Crippen LogP contribution is -2.43. The van der Waals surface area contributed by atoms with E-state index in [-0.39, 0.29) is 34.8 Å². The first-order chi connectivity index (χ1) is 14.5. The lowest BCUT2D eigenvalue weighted by atomic mass is 10.2. The molecule has 0 fully saturated rings. The van der Waals surface area contributed by atoms with Crippen molar-refractivity contribution < 1.29 is 4.79 Å². The molecule has 0 unspecified atom stereocenters. The molecule has 0 atom stereocenters. The molecule has 0 aromatic carbocycles. The fraction of sp³-hybridized carbons (Fsp3) is 0.444. The molecule has 0 aliphatic carbocycles. The molecule has 0 radical (unpaired) electrons. The largest absolute Gasteiger partial charge is 0.384 e. The molecule has 3 heterocycles. The Morgan fingerprint density at radius 3 is 2.48 bits per heavy atom. The van der Waals surface area contributed by atoms with Crippen molar-refractivity contribution in [3.63, 3.8) is 0 Å². The number of ketones is 1. The van der Waals surface area contributed by atoms with Crippen LogP contribution in [0.15, 0.2) is 20.8 Å². The van der Waals surface area contributed by atoms with E-state index in [1.165, 1.54) is 16.3 Å². The molecule has 0 amide bonds. The number of carbonyl (C=O) groups is 1. The number of aromatic nitrogens is 7. The van der Waals surface area contributed by atoms with Gasteiger partial charge in [0.25, 0.3) is 11.5 Å². The SMILES string of the molecule is Cc1cc(C)n(-c2nnc(SCC(=O)c3c(N)n(CC(C)C)c(=O)n(C)c3=O)n2N)n1. The van der Waals surface area contributed by atoms with Gasteiger partial charge in [-0.15, -0.1) is 10.2 Å². The third-order valence-corrected chi connectivity index (χ3v) is 5.53. The molecule has 31 heavy (non-hydrogen) atoms. The Morgan fingerprint density at radius 2 is 1.90 bits per heavy atom. The first-order valence-corrected chi connectivity index (χ1v) is 10.5. The standard InChI is InChI=1S/C18H25N9O3S/c1-9(2)7-25-14(19)13(15(29)24(5)18(25)30)12(28)8-31-17-22-21-16(26(17)20)27-11(4)6-10(3)23-27/h6,9H,7-8,19-20H2,1-5H3. The molecule has 0 spiro atoms. The second-order valence-electron chi connectivity index (χ2n) is 7.61. The molecule has 166 valence electrons. The van der Waals surface area contributed by atoms with Gasteiger partial charge in [-0.2, -0.15) is 5.10 Å². The highest BCUT2D eigenvalue weighted by atomic mass is 32.2. The first kappa shape index (κ1) is 22.3. The van der Waals surface area contributed by atoms with E-state index in [1.807, 2.05) is 33.8 Å². The summed E-state index contributed by atoms with van der Waals surface area (Å²) in [6.45, 7) is 7.80. The lowest BCUT2D eigenvalue weighted by Gasteiger charge is -2.16. The molecular formula is C18H25N9O3S. The Balaban J connectivity index is 1.89. The van der Waals surface area contributed by atoms with Gasteiger partial charge < -0.3 is 11.6 Å². The number of hydrogen-bond acceptors (Lipinski definition) is 9. The monoisotopic (exact) mass is 447 g/mol. The zero-order chi connectivity index (χ0) is 23.0. The van der Waals surface area contributed by atoms with Gasteiger partial charge in [0.15, 0.2) is 5.78 Å². The van der Waals surface area contributed by atoms with Gasteiger partial charge in [0.1, 0.15) is 11.4 Å². The van der Waals surface area contributed by atoms with Crippen LogP contribution in [0.5, 0.6) is 0 Å². The minimum atomic E-state index is -0.731. The van der Waals surface area contributed by atoms with Gasteiger partial charge in [-0.05, 0) is 25.8 Å². The molecule has 0 bridgehead atoms. The third kappa shape index (κ3) is 4.13. The van der Waals surface area contributed by atoms with Gasteiger partial charge in [0.05, 0.1) is 11.4 Å². The van der Waals surface area contributed by atoms with E-state index in [0.29, 0.717) is 5.95 Å². The van der Waals surface area contributed by atoms with Crippen molar-refractivity contribution in [2.45, 2.75) is 39.4 Å². The Bertz CT molecular complexity index is 1270. The second-order valence-corrected chi connectivity index (χ2v) is 8.56. The normalized spacial score (nSPS) is 11.4. The van der Waals surface area contributed by atoms with Crippen molar-refractivity contribution in [1.82, 2.24) is 33.8 Å². The van der Waals surface area contributed by atoms with E-state index >= 15 is 0 Å². The number of nitrogens with two attached hydrogens (primary N) is 2. The van der Waals surface area contributed by atoms with Crippen LogP contribution in [0.3, 0.4) is 0 Å². The smallest absolute Gasteiger partial charge is 0.332 e. The van der Waals surface area contributed by atoms with Gasteiger partial charge in [-0.25, -0.2) is 14.2 Å². The van der Waals surface area contributed by atoms with Gasteiger partial charge >= 0.3 is 5.69 Å². The van der Waals surface area contributed by atoms with E-state index in [4.69, 9.17) is 11.6 Å². The van der Waals surface area contributed by atoms with Gasteiger partial charge in [0.2, 0.25) is 5.16 Å². The lowest BCUT2D eigenvalue weighted by molar-refractivity contribution is 0.102. The van der Waals surface area contributed by atoms with Crippen molar-refractivity contribution in [1.29, 1.82) is 0 Å². The van der Waals surface area contributed by atoms with Crippen LogP contribution in [0.2, 0.25) is 0 Å². The summed E-state index contributed by atoms with van der Waals surface area (Å²) in [6, 6.07) is 1.87. The molecule has 0 aliphatic heterocycles. The van der Waals surface area contributed by atoms with Crippen LogP contribution in [0, 0.1) is 19.8 Å². The number of anilines is 1. The first-order valence-electron chi connectivity index (χ1n) is 9.52. The van der Waals surface area contributed by atoms with Crippen LogP contribution in [0.4, 0.5) is 5.82 Å². The molecule has 3 aromatic rings. The highest BCUT2D eigenvalue weighted by molar-refractivity contribution is 7.99. The average molecular weight is 448 g/mol. The highest BCUT2D eigenvalue weighted by Crippen LogP contribution is 2.19. The molecule has 3 rings (SSSR count). The fourth-order valence-corrected chi connectivity index (χ4v) is 3.86. The predicted octanol–water partition coefficient (Wildman–Crippen LogP) is -0.132. The molecule has 0 saturated carbocycles. The number of nitrogen functional groups attached to an aromatic ring is 2. The number of carbonyl (C=O) groups excluding carboxylic acids is 1. The van der Waals surface area contributed by atoms with Crippen LogP contribution in [-0.4, -0.2) is 45.3 Å². The molecule has 13 heteroatoms. The number of hydrogen-bond donors (Lipinski definition) is 2. The Morgan fingerprint density at radius 1 is 1.23 bits per heavy atom. The van der Waals surface area contributed by atoms with E-state index < -0.39 is 17.0 Å². The summed E-state index contributed by atoms with van der Waals surface area (Å²) in [7, 11) is 1.32. The predicted molar refractivity (Wildman–Crippen MR) is 117 cm³/mol. The summed E-state index contributed by atoms with van der Waals surface area (Å²) in [4.78, 5) is 37.8. The molecule has 4 N–H and O–H groups in total. The maximum atomic E-state index is 12.9. The number of thioether (sulfide) groups is 1. The quantitative estimate of drug-likeness (QED) is 0.285. The number of Topliss-reactive ketones (excluding diaryl/α,β-unsaturated/α-hetero) is 1. The van der Waals surface area contributed by atoms with Crippen LogP contribution >= 0.6 is 11.8 Å². The zero-order valence-electron chi connectivity index (χ0n) is 18.0. The van der Waals surface area contributed by atoms with E-state index in [1.54, 1.807) is 4.68 Å². The zero-order valence-corrected chi connectivity index (χ0v) is 18.8. The van der Waals surface area contributed by atoms with Crippen LogP contribution in [0.1, 0.15) is 35.6 Å². The van der Waals surface area contributed by atoms with Crippen LogP contribution in [-0.2, 0) is 13.6 Å². The molecule has 0 saturated heterocycles. The van der Waals surface area contributed by atoms with Crippen molar-refractivity contribution in [3.8, 4) is 5.95 Å².